The van der Waals surface area contributed by atoms with Crippen LogP contribution in [0, 0.1) is 11.3 Å². The summed E-state index contributed by atoms with van der Waals surface area (Å²) in [6.45, 7) is 4.77. The Balaban J connectivity index is 2.13. The van der Waals surface area contributed by atoms with Crippen molar-refractivity contribution in [3.8, 4) is 0 Å². The van der Waals surface area contributed by atoms with Gasteiger partial charge < -0.3 is 10.8 Å². The van der Waals surface area contributed by atoms with E-state index >= 15 is 0 Å². The number of hydrogen-bond acceptors (Lipinski definition) is 2. The molecule has 1 aromatic carbocycles. The van der Waals surface area contributed by atoms with E-state index in [4.69, 9.17) is 17.3 Å². The Bertz CT molecular complexity index is 447. The van der Waals surface area contributed by atoms with Gasteiger partial charge in [0.1, 0.15) is 0 Å². The Morgan fingerprint density at radius 1 is 1.29 bits per heavy atom. The Morgan fingerprint density at radius 2 is 1.86 bits per heavy atom. The molecule has 21 heavy (non-hydrogen) atoms. The van der Waals surface area contributed by atoms with Gasteiger partial charge in [-0.3, -0.25) is 0 Å². The van der Waals surface area contributed by atoms with Crippen LogP contribution < -0.4 is 5.73 Å². The van der Waals surface area contributed by atoms with Gasteiger partial charge in [-0.1, -0.05) is 37.1 Å². The fourth-order valence-corrected chi connectivity index (χ4v) is 3.91. The van der Waals surface area contributed by atoms with E-state index in [9.17, 15) is 5.11 Å². The maximum Gasteiger partial charge on any atom is 0.0727 e. The van der Waals surface area contributed by atoms with Gasteiger partial charge in [-0.25, -0.2) is 0 Å². The third-order valence-electron chi connectivity index (χ3n) is 5.63. The highest BCUT2D eigenvalue weighted by Crippen LogP contribution is 2.47. The number of nitrogens with two attached hydrogens (primary N) is 1. The molecule has 0 bridgehead atoms. The summed E-state index contributed by atoms with van der Waals surface area (Å²) in [6, 6.07) is 7.77. The number of hydrogen-bond donors (Lipinski definition) is 2. The molecule has 1 aliphatic carbocycles. The Morgan fingerprint density at radius 3 is 2.33 bits per heavy atom. The molecule has 1 aliphatic rings. The Labute approximate surface area is 133 Å². The molecule has 1 unspecified atom stereocenters. The molecule has 0 radical (unpaired) electrons. The van der Waals surface area contributed by atoms with Crippen molar-refractivity contribution < 1.29 is 5.11 Å². The maximum atomic E-state index is 11.2. The number of halogens is 1. The molecule has 118 valence electrons. The summed E-state index contributed by atoms with van der Waals surface area (Å²) in [7, 11) is 0. The lowest BCUT2D eigenvalue weighted by Crippen LogP contribution is -2.53. The molecule has 1 atom stereocenters. The van der Waals surface area contributed by atoms with Crippen molar-refractivity contribution in [3.63, 3.8) is 0 Å². The highest BCUT2D eigenvalue weighted by Gasteiger charge is 2.47. The maximum absolute atomic E-state index is 11.2. The molecule has 2 nitrogen and oxygen atoms in total. The van der Waals surface area contributed by atoms with Gasteiger partial charge in [-0.05, 0) is 56.2 Å². The van der Waals surface area contributed by atoms with Crippen LogP contribution in [0.2, 0.25) is 5.02 Å². The number of benzene rings is 1. The lowest BCUT2D eigenvalue weighted by molar-refractivity contribution is -0.0912. The van der Waals surface area contributed by atoms with Gasteiger partial charge in [0.25, 0.3) is 0 Å². The van der Waals surface area contributed by atoms with Crippen LogP contribution in [0.15, 0.2) is 24.3 Å². The van der Waals surface area contributed by atoms with E-state index in [0.717, 1.165) is 29.3 Å². The molecule has 3 heteroatoms. The van der Waals surface area contributed by atoms with E-state index in [2.05, 4.69) is 6.92 Å². The van der Waals surface area contributed by atoms with Crippen LogP contribution in [-0.4, -0.2) is 17.3 Å². The molecular weight excluding hydrogens is 282 g/mol. The lowest BCUT2D eigenvalue weighted by atomic mass is 9.60. The second-order valence-electron chi connectivity index (χ2n) is 6.91. The van der Waals surface area contributed by atoms with Gasteiger partial charge in [0.05, 0.1) is 5.60 Å². The van der Waals surface area contributed by atoms with Crippen LogP contribution in [0.1, 0.15) is 51.5 Å². The topological polar surface area (TPSA) is 46.2 Å². The van der Waals surface area contributed by atoms with Crippen molar-refractivity contribution in [3.05, 3.63) is 34.9 Å². The summed E-state index contributed by atoms with van der Waals surface area (Å²) in [5.41, 5.74) is 6.30. The highest BCUT2D eigenvalue weighted by atomic mass is 35.5. The molecule has 0 spiro atoms. The van der Waals surface area contributed by atoms with Crippen LogP contribution in [0.25, 0.3) is 0 Å². The SMILES string of the molecule is CCC1CCC(CN)(C(C)(O)Cc2ccc(Cl)cc2)CC1. The minimum absolute atomic E-state index is 0.154. The lowest BCUT2D eigenvalue weighted by Gasteiger charge is -2.49. The second kappa shape index (κ2) is 6.68. The first-order valence-corrected chi connectivity index (χ1v) is 8.47. The quantitative estimate of drug-likeness (QED) is 0.857. The monoisotopic (exact) mass is 309 g/mol. The standard InChI is InChI=1S/C18H28ClNO/c1-3-14-8-10-18(13-20,11-9-14)17(2,21)12-15-4-6-16(19)7-5-15/h4-7,14,21H,3,8-13,20H2,1-2H3. The summed E-state index contributed by atoms with van der Waals surface area (Å²) in [4.78, 5) is 0. The van der Waals surface area contributed by atoms with E-state index in [1.807, 2.05) is 31.2 Å². The molecule has 0 aromatic heterocycles. The third kappa shape index (κ3) is 3.61. The number of rotatable bonds is 5. The van der Waals surface area contributed by atoms with Crippen molar-refractivity contribution in [1.29, 1.82) is 0 Å². The summed E-state index contributed by atoms with van der Waals surface area (Å²) in [5, 5.41) is 11.9. The van der Waals surface area contributed by atoms with Crippen LogP contribution in [-0.2, 0) is 6.42 Å². The second-order valence-corrected chi connectivity index (χ2v) is 7.35. The van der Waals surface area contributed by atoms with Crippen molar-refractivity contribution in [2.45, 2.75) is 58.0 Å². The largest absolute Gasteiger partial charge is 0.389 e. The van der Waals surface area contributed by atoms with Gasteiger partial charge in [0, 0.05) is 23.4 Å². The molecule has 2 rings (SSSR count). The molecule has 0 amide bonds. The highest BCUT2D eigenvalue weighted by molar-refractivity contribution is 6.30. The van der Waals surface area contributed by atoms with Crippen LogP contribution in [0.5, 0.6) is 0 Å². The molecule has 0 aliphatic heterocycles. The molecule has 1 fully saturated rings. The van der Waals surface area contributed by atoms with Crippen molar-refractivity contribution in [2.24, 2.45) is 17.1 Å². The smallest absolute Gasteiger partial charge is 0.0727 e. The van der Waals surface area contributed by atoms with E-state index in [1.54, 1.807) is 0 Å². The van der Waals surface area contributed by atoms with E-state index in [0.29, 0.717) is 13.0 Å². The normalized spacial score (nSPS) is 29.1. The van der Waals surface area contributed by atoms with E-state index < -0.39 is 5.60 Å². The van der Waals surface area contributed by atoms with Crippen molar-refractivity contribution >= 4 is 11.6 Å². The zero-order valence-electron chi connectivity index (χ0n) is 13.2. The van der Waals surface area contributed by atoms with Crippen LogP contribution in [0.3, 0.4) is 0 Å². The van der Waals surface area contributed by atoms with Crippen LogP contribution >= 0.6 is 11.6 Å². The molecule has 3 N–H and O–H groups in total. The predicted molar refractivity (Wildman–Crippen MR) is 89.5 cm³/mol. The summed E-state index contributed by atoms with van der Waals surface area (Å²) in [6.07, 6.45) is 6.30. The van der Waals surface area contributed by atoms with Gasteiger partial charge in [-0.15, -0.1) is 0 Å². The van der Waals surface area contributed by atoms with E-state index in [-0.39, 0.29) is 5.41 Å². The first-order chi connectivity index (χ1) is 9.92. The molecule has 1 aromatic rings. The van der Waals surface area contributed by atoms with Gasteiger partial charge >= 0.3 is 0 Å². The zero-order valence-corrected chi connectivity index (χ0v) is 14.0. The van der Waals surface area contributed by atoms with Gasteiger partial charge in [0.15, 0.2) is 0 Å². The summed E-state index contributed by atoms with van der Waals surface area (Å²) >= 11 is 5.94. The van der Waals surface area contributed by atoms with E-state index in [1.165, 1.54) is 19.3 Å². The van der Waals surface area contributed by atoms with Crippen molar-refractivity contribution in [1.82, 2.24) is 0 Å². The zero-order chi connectivity index (χ0) is 15.5. The average molecular weight is 310 g/mol. The molecule has 1 saturated carbocycles. The summed E-state index contributed by atoms with van der Waals surface area (Å²) < 4.78 is 0. The number of aliphatic hydroxyl groups is 1. The summed E-state index contributed by atoms with van der Waals surface area (Å²) in [5.74, 6) is 0.802. The van der Waals surface area contributed by atoms with Crippen LogP contribution in [0.4, 0.5) is 0 Å². The molecule has 0 saturated heterocycles. The third-order valence-corrected chi connectivity index (χ3v) is 5.89. The van der Waals surface area contributed by atoms with Gasteiger partial charge in [-0.2, -0.15) is 0 Å². The fourth-order valence-electron chi connectivity index (χ4n) is 3.79. The average Bonchev–Trinajstić information content (AvgIpc) is 2.49. The van der Waals surface area contributed by atoms with Crippen molar-refractivity contribution in [2.75, 3.05) is 6.54 Å². The Kier molecular flexibility index (Phi) is 5.34. The minimum atomic E-state index is -0.770. The Hall–Kier alpha value is -0.570. The van der Waals surface area contributed by atoms with Gasteiger partial charge in [0.2, 0.25) is 0 Å². The molecule has 0 heterocycles. The minimum Gasteiger partial charge on any atom is -0.389 e. The molecular formula is C18H28ClNO. The fraction of sp³-hybridized carbons (Fsp3) is 0.667. The first kappa shape index (κ1) is 16.8. The predicted octanol–water partition coefficient (Wildman–Crippen LogP) is 4.18. The first-order valence-electron chi connectivity index (χ1n) is 8.09.